The lowest BCUT2D eigenvalue weighted by molar-refractivity contribution is 0.0701. The summed E-state index contributed by atoms with van der Waals surface area (Å²) in [7, 11) is 0. The standard InChI is InChI=1S/C16H15N3O2/c1-11(12-5-3-2-4-6-12)19-10-9-13-7-8-14(16(20)18-21)17-15(13)19/h2-11,21H,1H3,(H,18,20). The lowest BCUT2D eigenvalue weighted by Crippen LogP contribution is -2.20. The highest BCUT2D eigenvalue weighted by Gasteiger charge is 2.13. The summed E-state index contributed by atoms with van der Waals surface area (Å²) in [5.41, 5.74) is 3.67. The minimum atomic E-state index is -0.614. The topological polar surface area (TPSA) is 67.2 Å². The van der Waals surface area contributed by atoms with E-state index in [9.17, 15) is 4.79 Å². The Bertz CT molecular complexity index is 781. The van der Waals surface area contributed by atoms with Crippen LogP contribution in [0, 0.1) is 0 Å². The van der Waals surface area contributed by atoms with Gasteiger partial charge in [0, 0.05) is 11.6 Å². The van der Waals surface area contributed by atoms with Crippen molar-refractivity contribution in [3.8, 4) is 0 Å². The Labute approximate surface area is 121 Å². The molecule has 0 fully saturated rings. The van der Waals surface area contributed by atoms with Gasteiger partial charge < -0.3 is 4.57 Å². The van der Waals surface area contributed by atoms with E-state index in [0.717, 1.165) is 10.9 Å². The molecule has 106 valence electrons. The number of hydroxylamine groups is 1. The lowest BCUT2D eigenvalue weighted by atomic mass is 10.1. The number of nitrogens with zero attached hydrogens (tertiary/aromatic N) is 2. The number of amides is 1. The summed E-state index contributed by atoms with van der Waals surface area (Å²) in [5, 5.41) is 9.67. The maximum atomic E-state index is 11.5. The molecule has 0 aliphatic rings. The maximum absolute atomic E-state index is 11.5. The predicted octanol–water partition coefficient (Wildman–Crippen LogP) is 2.76. The number of hydrogen-bond acceptors (Lipinski definition) is 3. The third-order valence-electron chi connectivity index (χ3n) is 3.60. The zero-order valence-corrected chi connectivity index (χ0v) is 11.5. The van der Waals surface area contributed by atoms with E-state index in [1.54, 1.807) is 11.5 Å². The Hall–Kier alpha value is -2.66. The first kappa shape index (κ1) is 13.3. The number of fused-ring (bicyclic) bond motifs is 1. The molecule has 0 aliphatic carbocycles. The predicted molar refractivity (Wildman–Crippen MR) is 79.2 cm³/mol. The van der Waals surface area contributed by atoms with Crippen LogP contribution in [0.2, 0.25) is 0 Å². The Kier molecular flexibility index (Phi) is 3.41. The van der Waals surface area contributed by atoms with E-state index in [2.05, 4.69) is 24.0 Å². The Balaban J connectivity index is 2.08. The second-order valence-electron chi connectivity index (χ2n) is 4.86. The first-order valence-electron chi connectivity index (χ1n) is 6.67. The van der Waals surface area contributed by atoms with Gasteiger partial charge in [-0.1, -0.05) is 30.3 Å². The number of rotatable bonds is 3. The van der Waals surface area contributed by atoms with Gasteiger partial charge in [0.1, 0.15) is 11.3 Å². The molecule has 1 aromatic carbocycles. The molecule has 2 N–H and O–H groups in total. The summed E-state index contributed by atoms with van der Waals surface area (Å²) in [5.74, 6) is -0.614. The first-order valence-corrected chi connectivity index (χ1v) is 6.67. The Morgan fingerprint density at radius 2 is 1.95 bits per heavy atom. The highest BCUT2D eigenvalue weighted by Crippen LogP contribution is 2.23. The molecule has 5 nitrogen and oxygen atoms in total. The van der Waals surface area contributed by atoms with Crippen LogP contribution in [0.1, 0.15) is 29.0 Å². The molecule has 0 aliphatic heterocycles. The van der Waals surface area contributed by atoms with Crippen molar-refractivity contribution in [2.75, 3.05) is 0 Å². The fourth-order valence-corrected chi connectivity index (χ4v) is 2.42. The van der Waals surface area contributed by atoms with Gasteiger partial charge in [-0.15, -0.1) is 0 Å². The van der Waals surface area contributed by atoms with Crippen molar-refractivity contribution in [1.82, 2.24) is 15.0 Å². The number of hydrogen-bond donors (Lipinski definition) is 2. The number of carbonyl (C=O) groups excluding carboxylic acids is 1. The van der Waals surface area contributed by atoms with Crippen LogP contribution in [-0.4, -0.2) is 20.7 Å². The number of aromatic nitrogens is 2. The fourth-order valence-electron chi connectivity index (χ4n) is 2.42. The van der Waals surface area contributed by atoms with Crippen LogP contribution in [0.15, 0.2) is 54.7 Å². The molecule has 3 rings (SSSR count). The average molecular weight is 281 g/mol. The van der Waals surface area contributed by atoms with E-state index in [-0.39, 0.29) is 11.7 Å². The minimum absolute atomic E-state index is 0.101. The van der Waals surface area contributed by atoms with Crippen LogP contribution in [0.25, 0.3) is 11.0 Å². The first-order chi connectivity index (χ1) is 10.2. The second-order valence-corrected chi connectivity index (χ2v) is 4.86. The van der Waals surface area contributed by atoms with E-state index >= 15 is 0 Å². The number of carbonyl (C=O) groups is 1. The van der Waals surface area contributed by atoms with Crippen molar-refractivity contribution in [2.45, 2.75) is 13.0 Å². The van der Waals surface area contributed by atoms with Crippen molar-refractivity contribution in [1.29, 1.82) is 0 Å². The highest BCUT2D eigenvalue weighted by molar-refractivity contribution is 5.93. The molecule has 0 radical (unpaired) electrons. The molecule has 0 spiro atoms. The van der Waals surface area contributed by atoms with E-state index in [4.69, 9.17) is 5.21 Å². The molecule has 5 heteroatoms. The zero-order chi connectivity index (χ0) is 14.8. The largest absolute Gasteiger partial charge is 0.325 e. The van der Waals surface area contributed by atoms with Crippen molar-refractivity contribution in [3.63, 3.8) is 0 Å². The smallest absolute Gasteiger partial charge is 0.293 e. The quantitative estimate of drug-likeness (QED) is 0.573. The second kappa shape index (κ2) is 5.38. The molecule has 0 saturated carbocycles. The van der Waals surface area contributed by atoms with Crippen molar-refractivity contribution in [3.05, 3.63) is 66.0 Å². The van der Waals surface area contributed by atoms with Crippen molar-refractivity contribution >= 4 is 16.9 Å². The number of benzene rings is 1. The summed E-state index contributed by atoms with van der Waals surface area (Å²) in [6.07, 6.45) is 1.95. The van der Waals surface area contributed by atoms with Gasteiger partial charge >= 0.3 is 0 Å². The number of nitrogens with one attached hydrogen (secondary N) is 1. The minimum Gasteiger partial charge on any atom is -0.325 e. The Morgan fingerprint density at radius 1 is 1.19 bits per heavy atom. The molecule has 1 amide bonds. The normalized spacial score (nSPS) is 12.3. The van der Waals surface area contributed by atoms with Gasteiger partial charge in [0.05, 0.1) is 6.04 Å². The lowest BCUT2D eigenvalue weighted by Gasteiger charge is -2.15. The highest BCUT2D eigenvalue weighted by atomic mass is 16.5. The molecule has 0 saturated heterocycles. The molecule has 1 unspecified atom stereocenters. The van der Waals surface area contributed by atoms with Crippen molar-refractivity contribution in [2.24, 2.45) is 0 Å². The van der Waals surface area contributed by atoms with Crippen LogP contribution in [0.5, 0.6) is 0 Å². The summed E-state index contributed by atoms with van der Waals surface area (Å²) in [4.78, 5) is 15.8. The molecule has 2 heterocycles. The third kappa shape index (κ3) is 2.39. The molecule has 3 aromatic rings. The monoisotopic (exact) mass is 281 g/mol. The van der Waals surface area contributed by atoms with E-state index in [1.165, 1.54) is 0 Å². The van der Waals surface area contributed by atoms with Gasteiger partial charge in [0.25, 0.3) is 5.91 Å². The Morgan fingerprint density at radius 3 is 2.67 bits per heavy atom. The summed E-state index contributed by atoms with van der Waals surface area (Å²) >= 11 is 0. The molecule has 21 heavy (non-hydrogen) atoms. The van der Waals surface area contributed by atoms with Gasteiger partial charge in [-0.2, -0.15) is 0 Å². The van der Waals surface area contributed by atoms with Crippen LogP contribution < -0.4 is 5.48 Å². The fraction of sp³-hybridized carbons (Fsp3) is 0.125. The molecular formula is C16H15N3O2. The van der Waals surface area contributed by atoms with Gasteiger partial charge in [0.2, 0.25) is 0 Å². The molecule has 1 atom stereocenters. The summed E-state index contributed by atoms with van der Waals surface area (Å²) in [6.45, 7) is 2.08. The van der Waals surface area contributed by atoms with E-state index < -0.39 is 5.91 Å². The SMILES string of the molecule is CC(c1ccccc1)n1ccc2ccc(C(=O)NO)nc21. The van der Waals surface area contributed by atoms with E-state index in [1.807, 2.05) is 41.1 Å². The van der Waals surface area contributed by atoms with Crippen LogP contribution in [0.3, 0.4) is 0 Å². The van der Waals surface area contributed by atoms with Crippen LogP contribution >= 0.6 is 0 Å². The van der Waals surface area contributed by atoms with Gasteiger partial charge in [0.15, 0.2) is 0 Å². The zero-order valence-electron chi connectivity index (χ0n) is 11.5. The van der Waals surface area contributed by atoms with Gasteiger partial charge in [-0.25, -0.2) is 10.5 Å². The van der Waals surface area contributed by atoms with Gasteiger partial charge in [-0.3, -0.25) is 10.0 Å². The number of pyridine rings is 1. The van der Waals surface area contributed by atoms with E-state index in [0.29, 0.717) is 5.65 Å². The molecule has 2 aromatic heterocycles. The van der Waals surface area contributed by atoms with Crippen LogP contribution in [0.4, 0.5) is 0 Å². The summed E-state index contributed by atoms with van der Waals surface area (Å²) < 4.78 is 2.01. The molecule has 0 bridgehead atoms. The van der Waals surface area contributed by atoms with Crippen molar-refractivity contribution < 1.29 is 10.0 Å². The molecular weight excluding hydrogens is 266 g/mol. The summed E-state index contributed by atoms with van der Waals surface area (Å²) in [6, 6.07) is 15.6. The van der Waals surface area contributed by atoms with Crippen LogP contribution in [-0.2, 0) is 0 Å². The average Bonchev–Trinajstić information content (AvgIpc) is 2.97. The van der Waals surface area contributed by atoms with Gasteiger partial charge in [-0.05, 0) is 30.7 Å². The third-order valence-corrected chi connectivity index (χ3v) is 3.60. The maximum Gasteiger partial charge on any atom is 0.293 e.